The number of ketones is 1. The first-order valence-corrected chi connectivity index (χ1v) is 18.7. The number of fused-ring (bicyclic) bond motifs is 5. The van der Waals surface area contributed by atoms with E-state index in [0.29, 0.717) is 43.2 Å². The number of rotatable bonds is 15. The number of unbranched alkanes of at least 4 members (excludes halogenated alkanes) is 3. The molecule has 4 aliphatic rings. The van der Waals surface area contributed by atoms with Crippen LogP contribution in [0.3, 0.4) is 0 Å². The molecule has 0 radical (unpaired) electrons. The van der Waals surface area contributed by atoms with Crippen molar-refractivity contribution in [3.8, 4) is 0 Å². The second-order valence-electron chi connectivity index (χ2n) is 16.2. The quantitative estimate of drug-likeness (QED) is 0.121. The number of hydrogen-bond acceptors (Lipinski definition) is 6. The Bertz CT molecular complexity index is 1150. The van der Waals surface area contributed by atoms with Gasteiger partial charge in [0.15, 0.2) is 0 Å². The highest BCUT2D eigenvalue weighted by atomic mass is 16.6. The van der Waals surface area contributed by atoms with Crippen molar-refractivity contribution >= 4 is 18.0 Å². The van der Waals surface area contributed by atoms with Crippen LogP contribution in [0.25, 0.3) is 0 Å². The van der Waals surface area contributed by atoms with Gasteiger partial charge >= 0.3 is 12.2 Å². The van der Waals surface area contributed by atoms with Gasteiger partial charge in [-0.15, -0.1) is 0 Å². The number of Topliss-reactive ketones (excluding diaryl/α,β-unsaturated/α-hetero) is 1. The maximum Gasteiger partial charge on any atom is 0.407 e. The molecule has 3 saturated carbocycles. The van der Waals surface area contributed by atoms with Gasteiger partial charge in [0, 0.05) is 37.3 Å². The van der Waals surface area contributed by atoms with E-state index in [2.05, 4.69) is 57.9 Å². The molecule has 266 valence electrons. The fraction of sp³-hybridized carbons (Fsp3) is 0.821. The molecule has 9 atom stereocenters. The summed E-state index contributed by atoms with van der Waals surface area (Å²) in [6, 6.07) is 0. The van der Waals surface area contributed by atoms with Crippen LogP contribution in [0.2, 0.25) is 0 Å². The fourth-order valence-corrected chi connectivity index (χ4v) is 10.3. The summed E-state index contributed by atoms with van der Waals surface area (Å²) in [5.74, 6) is 1.96. The van der Waals surface area contributed by atoms with Crippen molar-refractivity contribution in [1.82, 2.24) is 10.6 Å². The smallest absolute Gasteiger partial charge is 0.407 e. The molecular formula is C39H64N2O6. The number of carbonyl (C=O) groups is 3. The number of aliphatic hydroxyl groups is 1. The van der Waals surface area contributed by atoms with Crippen molar-refractivity contribution in [2.75, 3.05) is 19.7 Å². The van der Waals surface area contributed by atoms with E-state index in [1.165, 1.54) is 11.6 Å². The van der Waals surface area contributed by atoms with Crippen LogP contribution >= 0.6 is 0 Å². The molecule has 8 nitrogen and oxygen atoms in total. The molecule has 3 fully saturated rings. The van der Waals surface area contributed by atoms with E-state index in [0.717, 1.165) is 77.0 Å². The van der Waals surface area contributed by atoms with Crippen molar-refractivity contribution in [2.45, 2.75) is 137 Å². The monoisotopic (exact) mass is 656 g/mol. The molecule has 0 saturated heterocycles. The highest BCUT2D eigenvalue weighted by molar-refractivity contribution is 5.82. The van der Waals surface area contributed by atoms with Crippen LogP contribution < -0.4 is 10.6 Å². The molecule has 1 unspecified atom stereocenters. The van der Waals surface area contributed by atoms with Crippen molar-refractivity contribution in [1.29, 1.82) is 0 Å². The number of amides is 2. The average molecular weight is 657 g/mol. The molecule has 0 heterocycles. The van der Waals surface area contributed by atoms with Crippen LogP contribution in [0.1, 0.15) is 125 Å². The van der Waals surface area contributed by atoms with Gasteiger partial charge in [-0.2, -0.15) is 0 Å². The molecule has 0 bridgehead atoms. The zero-order valence-electron chi connectivity index (χ0n) is 30.2. The van der Waals surface area contributed by atoms with Gasteiger partial charge in [0.25, 0.3) is 0 Å². The number of alkyl carbamates (subject to hydrolysis) is 2. The lowest BCUT2D eigenvalue weighted by molar-refractivity contribution is -0.171. The van der Waals surface area contributed by atoms with Crippen LogP contribution in [-0.4, -0.2) is 54.5 Å². The second-order valence-corrected chi connectivity index (χ2v) is 16.2. The van der Waals surface area contributed by atoms with Crippen molar-refractivity contribution < 1.29 is 29.0 Å². The van der Waals surface area contributed by atoms with E-state index in [1.54, 1.807) is 0 Å². The number of allylic oxidation sites excluding steroid dienone is 1. The van der Waals surface area contributed by atoms with Crippen LogP contribution in [0, 0.1) is 46.3 Å². The van der Waals surface area contributed by atoms with E-state index in [1.807, 2.05) is 6.92 Å². The zero-order valence-corrected chi connectivity index (χ0v) is 30.2. The molecule has 0 spiro atoms. The van der Waals surface area contributed by atoms with E-state index < -0.39 is 11.7 Å². The third kappa shape index (κ3) is 7.94. The van der Waals surface area contributed by atoms with Gasteiger partial charge in [-0.05, 0) is 92.8 Å². The van der Waals surface area contributed by atoms with E-state index in [4.69, 9.17) is 9.47 Å². The Morgan fingerprint density at radius 3 is 2.36 bits per heavy atom. The molecule has 4 rings (SSSR count). The molecule has 4 aliphatic carbocycles. The SMILES string of the molecule is C=CCOC(=O)NCCCCCCNC(=O)O[C@H]1CC[C@@]2(C)C(=CC[C@@H]3C2CC[C@@]2(C)[C@H]3C[C@H](C)[C@]2(O)[C@H](C)C(=O)CCC(C)C)C1. The summed E-state index contributed by atoms with van der Waals surface area (Å²) in [5.41, 5.74) is 0.336. The van der Waals surface area contributed by atoms with Gasteiger partial charge in [0.1, 0.15) is 18.5 Å². The van der Waals surface area contributed by atoms with E-state index >= 15 is 0 Å². The predicted molar refractivity (Wildman–Crippen MR) is 186 cm³/mol. The molecule has 0 aromatic rings. The topological polar surface area (TPSA) is 114 Å². The normalized spacial score (nSPS) is 35.1. The Balaban J connectivity index is 1.26. The number of nitrogens with one attached hydrogen (secondary N) is 2. The summed E-state index contributed by atoms with van der Waals surface area (Å²) in [7, 11) is 0. The first-order valence-electron chi connectivity index (χ1n) is 18.7. The number of carbonyl (C=O) groups excluding carboxylic acids is 3. The lowest BCUT2D eigenvalue weighted by Gasteiger charge is -2.59. The third-order valence-corrected chi connectivity index (χ3v) is 13.1. The number of ether oxygens (including phenoxy) is 2. The minimum Gasteiger partial charge on any atom is -0.446 e. The minimum absolute atomic E-state index is 0.0963. The Hall–Kier alpha value is -2.35. The van der Waals surface area contributed by atoms with Gasteiger partial charge < -0.3 is 25.2 Å². The maximum absolute atomic E-state index is 13.4. The summed E-state index contributed by atoms with van der Waals surface area (Å²) >= 11 is 0. The molecule has 2 amide bonds. The predicted octanol–water partition coefficient (Wildman–Crippen LogP) is 8.14. The summed E-state index contributed by atoms with van der Waals surface area (Å²) in [4.78, 5) is 37.4. The standard InChI is InChI=1S/C39H64N2O6/c1-8-23-46-35(43)40-21-11-9-10-12-22-41-36(44)47-30-17-19-37(6)29(25-30)14-15-31-32(37)18-20-38(7)33(31)24-27(4)39(38,45)28(5)34(42)16-13-26(2)3/h8,14,26-28,30-33,45H,1,9-13,15-25H2,2-7H3,(H,40,43)(H,41,44)/t27-,28+,30-,31+,32?,33-,37-,38-,39-/m0/s1. The Morgan fingerprint density at radius 1 is 1.02 bits per heavy atom. The van der Waals surface area contributed by atoms with Gasteiger partial charge in [-0.3, -0.25) is 4.79 Å². The Morgan fingerprint density at radius 2 is 1.70 bits per heavy atom. The fourth-order valence-electron chi connectivity index (χ4n) is 10.3. The van der Waals surface area contributed by atoms with Crippen molar-refractivity contribution in [3.63, 3.8) is 0 Å². The molecule has 0 aromatic carbocycles. The third-order valence-electron chi connectivity index (χ3n) is 13.1. The van der Waals surface area contributed by atoms with Crippen LogP contribution in [0.4, 0.5) is 9.59 Å². The summed E-state index contributed by atoms with van der Waals surface area (Å²) in [5, 5.41) is 18.1. The molecule has 8 heteroatoms. The molecule has 3 N–H and O–H groups in total. The van der Waals surface area contributed by atoms with E-state index in [9.17, 15) is 19.5 Å². The highest BCUT2D eigenvalue weighted by Gasteiger charge is 2.68. The summed E-state index contributed by atoms with van der Waals surface area (Å²) in [6.07, 6.45) is 15.0. The lowest BCUT2D eigenvalue weighted by Crippen LogP contribution is -2.59. The van der Waals surface area contributed by atoms with Gasteiger partial charge in [-0.25, -0.2) is 9.59 Å². The minimum atomic E-state index is -0.960. The van der Waals surface area contributed by atoms with Gasteiger partial charge in [0.2, 0.25) is 0 Å². The Kier molecular flexibility index (Phi) is 12.7. The van der Waals surface area contributed by atoms with Gasteiger partial charge in [0.05, 0.1) is 5.60 Å². The zero-order chi connectivity index (χ0) is 34.4. The van der Waals surface area contributed by atoms with Crippen molar-refractivity contribution in [2.24, 2.45) is 46.3 Å². The molecule has 0 aromatic heterocycles. The van der Waals surface area contributed by atoms with Crippen LogP contribution in [0.15, 0.2) is 24.3 Å². The molecule has 0 aliphatic heterocycles. The molecular weight excluding hydrogens is 592 g/mol. The average Bonchev–Trinajstić information content (AvgIpc) is 3.25. The first-order chi connectivity index (χ1) is 22.3. The van der Waals surface area contributed by atoms with Crippen LogP contribution in [0.5, 0.6) is 0 Å². The first kappa shape index (κ1) is 37.5. The lowest BCUT2D eigenvalue weighted by atomic mass is 9.46. The Labute approximate surface area is 284 Å². The van der Waals surface area contributed by atoms with Gasteiger partial charge in [-0.1, -0.05) is 78.7 Å². The van der Waals surface area contributed by atoms with Crippen molar-refractivity contribution in [3.05, 3.63) is 24.3 Å². The summed E-state index contributed by atoms with van der Waals surface area (Å²) < 4.78 is 10.8. The highest BCUT2D eigenvalue weighted by Crippen LogP contribution is 2.69. The second kappa shape index (κ2) is 15.9. The maximum atomic E-state index is 13.4. The number of hydrogen-bond donors (Lipinski definition) is 3. The largest absolute Gasteiger partial charge is 0.446 e. The van der Waals surface area contributed by atoms with Crippen LogP contribution in [-0.2, 0) is 14.3 Å². The summed E-state index contributed by atoms with van der Waals surface area (Å²) in [6.45, 7) is 18.1. The molecule has 47 heavy (non-hydrogen) atoms. The van der Waals surface area contributed by atoms with E-state index in [-0.39, 0.29) is 47.3 Å².